The van der Waals surface area contributed by atoms with E-state index in [1.807, 2.05) is 30.3 Å². The largest absolute Gasteiger partial charge is 0.454 e. The van der Waals surface area contributed by atoms with Crippen LogP contribution < -0.4 is 5.32 Å². The number of para-hydroxylation sites is 1. The zero-order chi connectivity index (χ0) is 24.2. The van der Waals surface area contributed by atoms with Gasteiger partial charge in [-0.2, -0.15) is 0 Å². The van der Waals surface area contributed by atoms with E-state index in [4.69, 9.17) is 4.74 Å². The molecule has 3 atom stereocenters. The fourth-order valence-electron chi connectivity index (χ4n) is 5.18. The third-order valence-electron chi connectivity index (χ3n) is 7.20. The molecule has 4 amide bonds. The Labute approximate surface area is 198 Å². The van der Waals surface area contributed by atoms with Crippen LogP contribution in [0.15, 0.2) is 30.3 Å². The SMILES string of the molecule is C[C@@H](C(=O)OCC(=O)N1CCC(C(=O)Nc2ccccc2)CC1)N1C(=O)C2CCCCC2C1=O. The molecule has 3 fully saturated rings. The van der Waals surface area contributed by atoms with Gasteiger partial charge in [-0.3, -0.25) is 24.1 Å². The lowest BCUT2D eigenvalue weighted by atomic mass is 9.81. The first-order valence-electron chi connectivity index (χ1n) is 12.0. The molecular formula is C25H31N3O6. The van der Waals surface area contributed by atoms with E-state index in [-0.39, 0.29) is 41.4 Å². The fraction of sp³-hybridized carbons (Fsp3) is 0.560. The second-order valence-electron chi connectivity index (χ2n) is 9.34. The van der Waals surface area contributed by atoms with Gasteiger partial charge < -0.3 is 15.0 Å². The minimum absolute atomic E-state index is 0.0703. The second kappa shape index (κ2) is 10.4. The van der Waals surface area contributed by atoms with Crippen LogP contribution in [0.1, 0.15) is 45.4 Å². The molecule has 182 valence electrons. The number of nitrogens with one attached hydrogen (secondary N) is 1. The lowest BCUT2D eigenvalue weighted by Gasteiger charge is -2.31. The molecule has 1 aromatic carbocycles. The van der Waals surface area contributed by atoms with Crippen molar-refractivity contribution in [2.75, 3.05) is 25.0 Å². The van der Waals surface area contributed by atoms with E-state index in [9.17, 15) is 24.0 Å². The maximum Gasteiger partial charge on any atom is 0.329 e. The Morgan fingerprint density at radius 3 is 2.15 bits per heavy atom. The van der Waals surface area contributed by atoms with Crippen molar-refractivity contribution in [2.45, 2.75) is 51.5 Å². The van der Waals surface area contributed by atoms with Crippen molar-refractivity contribution in [3.63, 3.8) is 0 Å². The maximum atomic E-state index is 12.7. The van der Waals surface area contributed by atoms with Crippen molar-refractivity contribution in [3.05, 3.63) is 30.3 Å². The fourth-order valence-corrected chi connectivity index (χ4v) is 5.18. The van der Waals surface area contributed by atoms with Crippen molar-refractivity contribution >= 4 is 35.3 Å². The topological polar surface area (TPSA) is 113 Å². The van der Waals surface area contributed by atoms with Gasteiger partial charge in [0.2, 0.25) is 17.7 Å². The van der Waals surface area contributed by atoms with Crippen LogP contribution in [-0.4, -0.2) is 65.1 Å². The molecule has 0 spiro atoms. The van der Waals surface area contributed by atoms with Crippen LogP contribution in [-0.2, 0) is 28.7 Å². The molecule has 2 saturated heterocycles. The minimum Gasteiger partial charge on any atom is -0.454 e. The number of imide groups is 1. The van der Waals surface area contributed by atoms with Gasteiger partial charge in [0.25, 0.3) is 5.91 Å². The molecule has 34 heavy (non-hydrogen) atoms. The van der Waals surface area contributed by atoms with Gasteiger partial charge in [0, 0.05) is 24.7 Å². The zero-order valence-electron chi connectivity index (χ0n) is 19.4. The van der Waals surface area contributed by atoms with E-state index in [0.717, 1.165) is 23.4 Å². The molecule has 0 bridgehead atoms. The first-order chi connectivity index (χ1) is 16.4. The third kappa shape index (κ3) is 4.98. The normalized spacial score (nSPS) is 23.9. The van der Waals surface area contributed by atoms with Gasteiger partial charge in [0.05, 0.1) is 11.8 Å². The summed E-state index contributed by atoms with van der Waals surface area (Å²) in [7, 11) is 0. The van der Waals surface area contributed by atoms with Crippen LogP contribution in [0.2, 0.25) is 0 Å². The van der Waals surface area contributed by atoms with Crippen molar-refractivity contribution < 1.29 is 28.7 Å². The van der Waals surface area contributed by atoms with E-state index in [0.29, 0.717) is 38.8 Å². The van der Waals surface area contributed by atoms with Crippen LogP contribution >= 0.6 is 0 Å². The quantitative estimate of drug-likeness (QED) is 0.504. The monoisotopic (exact) mass is 469 g/mol. The highest BCUT2D eigenvalue weighted by Crippen LogP contribution is 2.38. The summed E-state index contributed by atoms with van der Waals surface area (Å²) in [5, 5.41) is 2.89. The number of carbonyl (C=O) groups is 5. The number of fused-ring (bicyclic) bond motifs is 1. The number of rotatable bonds is 6. The molecule has 1 aliphatic carbocycles. The van der Waals surface area contributed by atoms with Crippen LogP contribution in [0.5, 0.6) is 0 Å². The van der Waals surface area contributed by atoms with Crippen molar-refractivity contribution in [1.29, 1.82) is 0 Å². The van der Waals surface area contributed by atoms with Crippen molar-refractivity contribution in [1.82, 2.24) is 9.80 Å². The van der Waals surface area contributed by atoms with E-state index in [1.54, 1.807) is 4.90 Å². The maximum absolute atomic E-state index is 12.7. The minimum atomic E-state index is -1.05. The van der Waals surface area contributed by atoms with Crippen LogP contribution in [0.4, 0.5) is 5.69 Å². The molecular weight excluding hydrogens is 438 g/mol. The zero-order valence-corrected chi connectivity index (χ0v) is 19.4. The average molecular weight is 470 g/mol. The van der Waals surface area contributed by atoms with Gasteiger partial charge in [-0.15, -0.1) is 0 Å². The van der Waals surface area contributed by atoms with Crippen LogP contribution in [0.3, 0.4) is 0 Å². The summed E-state index contributed by atoms with van der Waals surface area (Å²) in [5.41, 5.74) is 0.737. The number of ether oxygens (including phenoxy) is 1. The first-order valence-corrected chi connectivity index (χ1v) is 12.0. The summed E-state index contributed by atoms with van der Waals surface area (Å²) in [5.74, 6) is -2.65. The Morgan fingerprint density at radius 1 is 0.971 bits per heavy atom. The number of hydrogen-bond acceptors (Lipinski definition) is 6. The first kappa shape index (κ1) is 23.9. The molecule has 3 aliphatic rings. The number of piperidine rings is 1. The van der Waals surface area contributed by atoms with E-state index >= 15 is 0 Å². The number of carbonyl (C=O) groups excluding carboxylic acids is 5. The van der Waals surface area contributed by atoms with Gasteiger partial charge >= 0.3 is 5.97 Å². The predicted molar refractivity (Wildman–Crippen MR) is 122 cm³/mol. The Hall–Kier alpha value is -3.23. The number of benzene rings is 1. The highest BCUT2D eigenvalue weighted by atomic mass is 16.5. The molecule has 4 rings (SSSR count). The Morgan fingerprint density at radius 2 is 1.56 bits per heavy atom. The van der Waals surface area contributed by atoms with E-state index < -0.39 is 18.6 Å². The van der Waals surface area contributed by atoms with Gasteiger partial charge in [-0.05, 0) is 44.7 Å². The van der Waals surface area contributed by atoms with Gasteiger partial charge in [0.15, 0.2) is 6.61 Å². The molecule has 9 heteroatoms. The molecule has 0 aromatic heterocycles. The van der Waals surface area contributed by atoms with Crippen molar-refractivity contribution in [2.24, 2.45) is 17.8 Å². The Balaban J connectivity index is 1.22. The third-order valence-corrected chi connectivity index (χ3v) is 7.20. The van der Waals surface area contributed by atoms with Crippen LogP contribution in [0.25, 0.3) is 0 Å². The molecule has 0 radical (unpaired) electrons. The lowest BCUT2D eigenvalue weighted by Crippen LogP contribution is -2.46. The number of esters is 1. The van der Waals surface area contributed by atoms with Crippen molar-refractivity contribution in [3.8, 4) is 0 Å². The predicted octanol–water partition coefficient (Wildman–Crippen LogP) is 1.97. The van der Waals surface area contributed by atoms with Gasteiger partial charge in [-0.1, -0.05) is 31.0 Å². The van der Waals surface area contributed by atoms with E-state index in [2.05, 4.69) is 5.32 Å². The summed E-state index contributed by atoms with van der Waals surface area (Å²) in [6, 6.07) is 8.17. The number of nitrogens with zero attached hydrogens (tertiary/aromatic N) is 2. The molecule has 2 heterocycles. The Kier molecular flexibility index (Phi) is 7.29. The molecule has 1 aromatic rings. The summed E-state index contributed by atoms with van der Waals surface area (Å²) in [6.45, 7) is 1.81. The molecule has 9 nitrogen and oxygen atoms in total. The lowest BCUT2D eigenvalue weighted by molar-refractivity contribution is -0.161. The van der Waals surface area contributed by atoms with E-state index in [1.165, 1.54) is 6.92 Å². The van der Waals surface area contributed by atoms with Crippen LogP contribution in [0, 0.1) is 17.8 Å². The molecule has 1 saturated carbocycles. The number of anilines is 1. The number of amides is 4. The molecule has 1 N–H and O–H groups in total. The average Bonchev–Trinajstić information content (AvgIpc) is 3.12. The smallest absolute Gasteiger partial charge is 0.329 e. The second-order valence-corrected chi connectivity index (χ2v) is 9.34. The summed E-state index contributed by atoms with van der Waals surface area (Å²) in [6.07, 6.45) is 4.21. The van der Waals surface area contributed by atoms with Gasteiger partial charge in [0.1, 0.15) is 6.04 Å². The van der Waals surface area contributed by atoms with Gasteiger partial charge in [-0.25, -0.2) is 4.79 Å². The summed E-state index contributed by atoms with van der Waals surface area (Å²) in [4.78, 5) is 65.5. The Bertz CT molecular complexity index is 933. The standard InChI is InChI=1S/C25H31N3O6/c1-16(28-23(31)19-9-5-6-10-20(19)24(28)32)25(33)34-15-21(29)27-13-11-17(12-14-27)22(30)26-18-7-3-2-4-8-18/h2-4,7-8,16-17,19-20H,5-6,9-15H2,1H3,(H,26,30)/t16-,19?,20?/m0/s1. The highest BCUT2D eigenvalue weighted by molar-refractivity contribution is 6.07. The molecule has 2 aliphatic heterocycles. The summed E-state index contributed by atoms with van der Waals surface area (Å²) >= 11 is 0. The molecule has 2 unspecified atom stereocenters. The summed E-state index contributed by atoms with van der Waals surface area (Å²) < 4.78 is 5.18. The highest BCUT2D eigenvalue weighted by Gasteiger charge is 2.51. The number of likely N-dealkylation sites (tertiary alicyclic amines) is 2. The number of hydrogen-bond donors (Lipinski definition) is 1.